The van der Waals surface area contributed by atoms with E-state index in [2.05, 4.69) is 19.2 Å². The number of rotatable bonds is 5. The van der Waals surface area contributed by atoms with Crippen LogP contribution in [0.1, 0.15) is 13.8 Å². The number of carboxylic acid groups (broad SMARTS) is 1. The summed E-state index contributed by atoms with van der Waals surface area (Å²) in [4.78, 5) is 11.5. The molecule has 0 fully saturated rings. The van der Waals surface area contributed by atoms with Crippen LogP contribution < -0.4 is 5.32 Å². The maximum atomic E-state index is 10.3. The Bertz CT molecular complexity index is 322. The Morgan fingerprint density at radius 2 is 2.00 bits per heavy atom. The smallest absolute Gasteiger partial charge is 0.322 e. The molecule has 0 spiro atoms. The molecule has 4 heteroatoms. The Balaban J connectivity index is 2.52. The molecule has 1 aromatic carbocycles. The summed E-state index contributed by atoms with van der Waals surface area (Å²) >= 11 is 1.79. The molecule has 1 aromatic rings. The van der Waals surface area contributed by atoms with Crippen LogP contribution in [0.2, 0.25) is 0 Å². The standard InChI is InChI=1S/C11H15NO2S/c1-8(2)15-10-5-3-9(4-6-10)12-7-11(13)14/h3-6,8,12H,7H2,1-2H3,(H,13,14). The summed E-state index contributed by atoms with van der Waals surface area (Å²) in [5, 5.41) is 11.9. The van der Waals surface area contributed by atoms with E-state index in [0.717, 1.165) is 5.69 Å². The number of nitrogens with one attached hydrogen (secondary N) is 1. The molecular weight excluding hydrogens is 210 g/mol. The van der Waals surface area contributed by atoms with Crippen LogP contribution in [0.4, 0.5) is 5.69 Å². The van der Waals surface area contributed by atoms with Gasteiger partial charge in [0.2, 0.25) is 0 Å². The summed E-state index contributed by atoms with van der Waals surface area (Å²) in [6, 6.07) is 7.78. The van der Waals surface area contributed by atoms with Crippen LogP contribution in [-0.2, 0) is 4.79 Å². The van der Waals surface area contributed by atoms with Crippen molar-refractivity contribution >= 4 is 23.4 Å². The van der Waals surface area contributed by atoms with Crippen molar-refractivity contribution in [2.24, 2.45) is 0 Å². The molecule has 0 heterocycles. The lowest BCUT2D eigenvalue weighted by atomic mass is 10.3. The van der Waals surface area contributed by atoms with E-state index in [1.807, 2.05) is 24.3 Å². The topological polar surface area (TPSA) is 49.3 Å². The Morgan fingerprint density at radius 3 is 2.47 bits per heavy atom. The van der Waals surface area contributed by atoms with E-state index in [4.69, 9.17) is 5.11 Å². The second kappa shape index (κ2) is 5.66. The van der Waals surface area contributed by atoms with Gasteiger partial charge in [-0.1, -0.05) is 13.8 Å². The van der Waals surface area contributed by atoms with Gasteiger partial charge in [-0.25, -0.2) is 0 Å². The molecule has 0 amide bonds. The highest BCUT2D eigenvalue weighted by molar-refractivity contribution is 7.99. The van der Waals surface area contributed by atoms with E-state index in [1.165, 1.54) is 4.90 Å². The summed E-state index contributed by atoms with van der Waals surface area (Å²) in [6.45, 7) is 4.24. The minimum absolute atomic E-state index is 0.0450. The lowest BCUT2D eigenvalue weighted by Crippen LogP contribution is -2.11. The number of thioether (sulfide) groups is 1. The van der Waals surface area contributed by atoms with Gasteiger partial charge in [-0.15, -0.1) is 11.8 Å². The highest BCUT2D eigenvalue weighted by atomic mass is 32.2. The molecule has 2 N–H and O–H groups in total. The molecule has 0 aliphatic carbocycles. The number of carbonyl (C=O) groups is 1. The zero-order chi connectivity index (χ0) is 11.3. The minimum atomic E-state index is -0.851. The van der Waals surface area contributed by atoms with Crippen LogP contribution >= 0.6 is 11.8 Å². The molecule has 0 radical (unpaired) electrons. The average molecular weight is 225 g/mol. The molecule has 0 aromatic heterocycles. The second-order valence-corrected chi connectivity index (χ2v) is 5.09. The third kappa shape index (κ3) is 4.74. The molecule has 0 saturated carbocycles. The molecule has 0 aliphatic heterocycles. The number of benzene rings is 1. The number of anilines is 1. The maximum Gasteiger partial charge on any atom is 0.322 e. The fourth-order valence-electron chi connectivity index (χ4n) is 1.10. The molecule has 15 heavy (non-hydrogen) atoms. The molecule has 0 atom stereocenters. The first-order chi connectivity index (χ1) is 7.08. The summed E-state index contributed by atoms with van der Waals surface area (Å²) in [5.41, 5.74) is 0.838. The molecule has 0 saturated heterocycles. The van der Waals surface area contributed by atoms with Crippen LogP contribution in [-0.4, -0.2) is 22.9 Å². The monoisotopic (exact) mass is 225 g/mol. The van der Waals surface area contributed by atoms with E-state index < -0.39 is 5.97 Å². The highest BCUT2D eigenvalue weighted by Crippen LogP contribution is 2.23. The van der Waals surface area contributed by atoms with Gasteiger partial charge in [0.25, 0.3) is 0 Å². The van der Waals surface area contributed by atoms with Crippen molar-refractivity contribution in [1.29, 1.82) is 0 Å². The third-order valence-corrected chi connectivity index (χ3v) is 2.69. The number of hydrogen-bond donors (Lipinski definition) is 2. The van der Waals surface area contributed by atoms with E-state index in [9.17, 15) is 4.79 Å². The van der Waals surface area contributed by atoms with Gasteiger partial charge in [0.15, 0.2) is 0 Å². The molecular formula is C11H15NO2S. The van der Waals surface area contributed by atoms with Gasteiger partial charge in [-0.2, -0.15) is 0 Å². The van der Waals surface area contributed by atoms with Gasteiger partial charge in [-0.05, 0) is 24.3 Å². The Kier molecular flexibility index (Phi) is 4.49. The van der Waals surface area contributed by atoms with Gasteiger partial charge in [0.05, 0.1) is 0 Å². The summed E-state index contributed by atoms with van der Waals surface area (Å²) in [5.74, 6) is -0.851. The maximum absolute atomic E-state index is 10.3. The van der Waals surface area contributed by atoms with Crippen molar-refractivity contribution in [2.75, 3.05) is 11.9 Å². The van der Waals surface area contributed by atoms with Crippen molar-refractivity contribution in [3.63, 3.8) is 0 Å². The number of hydrogen-bond acceptors (Lipinski definition) is 3. The van der Waals surface area contributed by atoms with Gasteiger partial charge >= 0.3 is 5.97 Å². The van der Waals surface area contributed by atoms with E-state index in [1.54, 1.807) is 11.8 Å². The van der Waals surface area contributed by atoms with Crippen molar-refractivity contribution in [2.45, 2.75) is 24.0 Å². The molecule has 3 nitrogen and oxygen atoms in total. The van der Waals surface area contributed by atoms with Gasteiger partial charge in [-0.3, -0.25) is 4.79 Å². The lowest BCUT2D eigenvalue weighted by Gasteiger charge is -2.06. The average Bonchev–Trinajstić information content (AvgIpc) is 2.16. The Morgan fingerprint density at radius 1 is 1.40 bits per heavy atom. The first-order valence-electron chi connectivity index (χ1n) is 4.80. The quantitative estimate of drug-likeness (QED) is 0.756. The van der Waals surface area contributed by atoms with E-state index >= 15 is 0 Å². The van der Waals surface area contributed by atoms with Gasteiger partial charge in [0, 0.05) is 15.8 Å². The largest absolute Gasteiger partial charge is 0.480 e. The Hall–Kier alpha value is -1.16. The van der Waals surface area contributed by atoms with Crippen molar-refractivity contribution in [3.05, 3.63) is 24.3 Å². The SMILES string of the molecule is CC(C)Sc1ccc(NCC(=O)O)cc1. The zero-order valence-corrected chi connectivity index (χ0v) is 9.67. The molecule has 1 rings (SSSR count). The third-order valence-electron chi connectivity index (χ3n) is 1.67. The van der Waals surface area contributed by atoms with Crippen LogP contribution in [0.3, 0.4) is 0 Å². The van der Waals surface area contributed by atoms with Crippen LogP contribution in [0.25, 0.3) is 0 Å². The summed E-state index contributed by atoms with van der Waals surface area (Å²) in [7, 11) is 0. The summed E-state index contributed by atoms with van der Waals surface area (Å²) < 4.78 is 0. The predicted octanol–water partition coefficient (Wildman–Crippen LogP) is 2.68. The number of carboxylic acids is 1. The fourth-order valence-corrected chi connectivity index (χ4v) is 1.94. The zero-order valence-electron chi connectivity index (χ0n) is 8.86. The molecule has 0 bridgehead atoms. The fraction of sp³-hybridized carbons (Fsp3) is 0.364. The highest BCUT2D eigenvalue weighted by Gasteiger charge is 1.99. The van der Waals surface area contributed by atoms with Crippen molar-refractivity contribution in [1.82, 2.24) is 0 Å². The first-order valence-corrected chi connectivity index (χ1v) is 5.68. The van der Waals surface area contributed by atoms with Crippen LogP contribution in [0.5, 0.6) is 0 Å². The van der Waals surface area contributed by atoms with E-state index in [0.29, 0.717) is 5.25 Å². The molecule has 82 valence electrons. The van der Waals surface area contributed by atoms with Gasteiger partial charge < -0.3 is 10.4 Å². The lowest BCUT2D eigenvalue weighted by molar-refractivity contribution is -0.134. The molecule has 0 aliphatic rings. The number of aliphatic carboxylic acids is 1. The van der Waals surface area contributed by atoms with E-state index in [-0.39, 0.29) is 6.54 Å². The van der Waals surface area contributed by atoms with Crippen LogP contribution in [0.15, 0.2) is 29.2 Å². The van der Waals surface area contributed by atoms with Crippen molar-refractivity contribution < 1.29 is 9.90 Å². The van der Waals surface area contributed by atoms with Crippen LogP contribution in [0, 0.1) is 0 Å². The minimum Gasteiger partial charge on any atom is -0.480 e. The summed E-state index contributed by atoms with van der Waals surface area (Å²) in [6.07, 6.45) is 0. The first kappa shape index (κ1) is 11.9. The normalized spacial score (nSPS) is 10.3. The Labute approximate surface area is 93.9 Å². The predicted molar refractivity (Wildman–Crippen MR) is 63.6 cm³/mol. The van der Waals surface area contributed by atoms with Gasteiger partial charge in [0.1, 0.15) is 6.54 Å². The molecule has 0 unspecified atom stereocenters. The van der Waals surface area contributed by atoms with Crippen molar-refractivity contribution in [3.8, 4) is 0 Å². The second-order valence-electron chi connectivity index (χ2n) is 3.44.